The summed E-state index contributed by atoms with van der Waals surface area (Å²) < 4.78 is 39.7. The molecular formula is C23H28FN4+. The molecule has 0 atom stereocenters. The molecule has 0 spiro atoms. The van der Waals surface area contributed by atoms with Crippen LogP contribution in [0.1, 0.15) is 66.4 Å². The highest BCUT2D eigenvalue weighted by molar-refractivity contribution is 5.64. The normalized spacial score (nSPS) is 13.5. The van der Waals surface area contributed by atoms with Gasteiger partial charge < -0.3 is 0 Å². The molecule has 0 saturated carbocycles. The second kappa shape index (κ2) is 7.74. The molecule has 0 amide bonds. The average Bonchev–Trinajstić information content (AvgIpc) is 2.67. The molecule has 28 heavy (non-hydrogen) atoms. The van der Waals surface area contributed by atoms with Gasteiger partial charge in [-0.25, -0.2) is 15.0 Å². The van der Waals surface area contributed by atoms with Crippen LogP contribution in [-0.4, -0.2) is 15.0 Å². The number of aryl methyl sites for hydroxylation is 3. The molecule has 0 radical (unpaired) electrons. The van der Waals surface area contributed by atoms with E-state index in [-0.39, 0.29) is 17.4 Å². The Labute approximate surface area is 170 Å². The van der Waals surface area contributed by atoms with Crippen LogP contribution in [0.5, 0.6) is 0 Å². The van der Waals surface area contributed by atoms with Crippen LogP contribution in [0.25, 0.3) is 22.6 Å². The van der Waals surface area contributed by atoms with E-state index in [0.29, 0.717) is 39.9 Å². The Kier molecular flexibility index (Phi) is 4.50. The molecule has 4 nitrogen and oxygen atoms in total. The molecule has 146 valence electrons. The van der Waals surface area contributed by atoms with Crippen LogP contribution in [0.15, 0.2) is 30.5 Å². The summed E-state index contributed by atoms with van der Waals surface area (Å²) in [5.41, 5.74) is 2.51. The Morgan fingerprint density at radius 3 is 2.14 bits per heavy atom. The summed E-state index contributed by atoms with van der Waals surface area (Å²) in [7, 11) is 1.76. The number of benzene rings is 1. The van der Waals surface area contributed by atoms with Crippen molar-refractivity contribution < 1.29 is 13.1 Å². The summed E-state index contributed by atoms with van der Waals surface area (Å²) in [6, 6.07) is 6.20. The number of aromatic nitrogens is 4. The molecule has 1 aromatic carbocycles. The second-order valence-electron chi connectivity index (χ2n) is 7.75. The van der Waals surface area contributed by atoms with Crippen LogP contribution in [0.2, 0.25) is 0 Å². The van der Waals surface area contributed by atoms with Gasteiger partial charge in [-0.15, -0.1) is 0 Å². The van der Waals surface area contributed by atoms with Gasteiger partial charge >= 0.3 is 0 Å². The van der Waals surface area contributed by atoms with E-state index < -0.39 is 12.7 Å². The van der Waals surface area contributed by atoms with E-state index in [9.17, 15) is 0 Å². The Bertz CT molecular complexity index is 1080. The van der Waals surface area contributed by atoms with Crippen molar-refractivity contribution in [3.8, 4) is 22.6 Å². The van der Waals surface area contributed by atoms with Crippen LogP contribution in [0, 0.1) is 19.6 Å². The van der Waals surface area contributed by atoms with Gasteiger partial charge in [0.05, 0.1) is 11.1 Å². The van der Waals surface area contributed by atoms with E-state index in [1.54, 1.807) is 36.9 Å². The fourth-order valence-corrected chi connectivity index (χ4v) is 3.11. The summed E-state index contributed by atoms with van der Waals surface area (Å²) in [6.45, 7) is 7.64. The van der Waals surface area contributed by atoms with Crippen molar-refractivity contribution in [1.29, 1.82) is 0 Å². The quantitative estimate of drug-likeness (QED) is 0.594. The first kappa shape index (κ1) is 16.3. The fraction of sp³-hybridized carbons (Fsp3) is 0.391. The highest BCUT2D eigenvalue weighted by Gasteiger charge is 2.22. The van der Waals surface area contributed by atoms with Gasteiger partial charge in [0, 0.05) is 15.9 Å². The van der Waals surface area contributed by atoms with E-state index in [0.717, 1.165) is 0 Å². The molecule has 0 unspecified atom stereocenters. The first-order chi connectivity index (χ1) is 14.4. The van der Waals surface area contributed by atoms with E-state index in [1.165, 1.54) is 12.1 Å². The fourth-order valence-electron chi connectivity index (χ4n) is 3.11. The monoisotopic (exact) mass is 382 g/mol. The van der Waals surface area contributed by atoms with Gasteiger partial charge in [-0.05, 0) is 31.5 Å². The van der Waals surface area contributed by atoms with Gasteiger partial charge in [0.2, 0.25) is 5.69 Å². The Morgan fingerprint density at radius 1 is 1.00 bits per heavy atom. The topological polar surface area (TPSA) is 42.6 Å². The molecule has 3 aromatic rings. The largest absolute Gasteiger partial charge is 0.248 e. The van der Waals surface area contributed by atoms with Crippen molar-refractivity contribution in [2.45, 2.75) is 53.3 Å². The molecule has 2 aromatic heterocycles. The minimum atomic E-state index is -2.20. The van der Waals surface area contributed by atoms with Gasteiger partial charge in [0.1, 0.15) is 18.7 Å². The first-order valence-electron chi connectivity index (χ1n) is 11.0. The molecule has 3 rings (SSSR count). The molecule has 0 N–H and O–H groups in total. The maximum Gasteiger partial charge on any atom is 0.248 e. The lowest BCUT2D eigenvalue weighted by molar-refractivity contribution is -0.661. The third-order valence-electron chi connectivity index (χ3n) is 4.64. The van der Waals surface area contributed by atoms with Crippen molar-refractivity contribution in [2.75, 3.05) is 0 Å². The Balaban J connectivity index is 2.12. The molecule has 0 aliphatic heterocycles. The molecule has 0 saturated heterocycles. The molecule has 0 aliphatic carbocycles. The smallest absolute Gasteiger partial charge is 0.217 e. The summed E-state index contributed by atoms with van der Waals surface area (Å²) in [5, 5.41) is 0. The maximum absolute atomic E-state index is 15.3. The SMILES string of the molecule is [2H]C([2H])([2H])c1ccc(-c2c(F)cc(-c3nc(C(C)C)nc(C(C)C)n3)c[n+]2C)c(C)c1. The lowest BCUT2D eigenvalue weighted by Crippen LogP contribution is -2.32. The molecule has 0 fully saturated rings. The van der Waals surface area contributed by atoms with Crippen molar-refractivity contribution in [1.82, 2.24) is 15.0 Å². The summed E-state index contributed by atoms with van der Waals surface area (Å²) in [6.07, 6.45) is 1.79. The predicted octanol–water partition coefficient (Wildman–Crippen LogP) is 5.03. The third kappa shape index (κ3) is 3.93. The molecular weight excluding hydrogens is 351 g/mol. The Morgan fingerprint density at radius 2 is 1.64 bits per heavy atom. The maximum atomic E-state index is 15.3. The minimum absolute atomic E-state index is 0.122. The zero-order chi connectivity index (χ0) is 23.1. The zero-order valence-corrected chi connectivity index (χ0v) is 17.2. The highest BCUT2D eigenvalue weighted by Crippen LogP contribution is 2.27. The summed E-state index contributed by atoms with van der Waals surface area (Å²) >= 11 is 0. The number of halogens is 1. The number of rotatable bonds is 4. The zero-order valence-electron chi connectivity index (χ0n) is 20.2. The van der Waals surface area contributed by atoms with Gasteiger partial charge in [-0.2, -0.15) is 8.96 Å². The lowest BCUT2D eigenvalue weighted by atomic mass is 10.0. The Hall–Kier alpha value is -2.69. The van der Waals surface area contributed by atoms with E-state index in [1.807, 2.05) is 27.7 Å². The third-order valence-corrected chi connectivity index (χ3v) is 4.64. The van der Waals surface area contributed by atoms with Crippen molar-refractivity contribution in [3.05, 3.63) is 59.1 Å². The van der Waals surface area contributed by atoms with E-state index in [4.69, 9.17) is 4.11 Å². The number of nitrogens with zero attached hydrogens (tertiary/aromatic N) is 4. The standard InChI is InChI=1S/C23H28FN4/c1-13(2)21-25-22(14(3)4)27-23(26-21)17-11-19(24)20(28(7)12-17)18-9-8-15(5)10-16(18)6/h8-14H,1-7H3/q+1/i5D3. The van der Waals surface area contributed by atoms with Gasteiger partial charge in [-0.3, -0.25) is 0 Å². The minimum Gasteiger partial charge on any atom is -0.217 e. The van der Waals surface area contributed by atoms with Crippen LogP contribution in [0.3, 0.4) is 0 Å². The molecule has 5 heteroatoms. The second-order valence-corrected chi connectivity index (χ2v) is 7.75. The molecule has 0 aliphatic rings. The van der Waals surface area contributed by atoms with Crippen molar-refractivity contribution >= 4 is 0 Å². The molecule has 0 bridgehead atoms. The van der Waals surface area contributed by atoms with Crippen molar-refractivity contribution in [3.63, 3.8) is 0 Å². The van der Waals surface area contributed by atoms with Crippen molar-refractivity contribution in [2.24, 2.45) is 7.05 Å². The lowest BCUT2D eigenvalue weighted by Gasteiger charge is -2.12. The van der Waals surface area contributed by atoms with Crippen LogP contribution in [-0.2, 0) is 7.05 Å². The van der Waals surface area contributed by atoms with Crippen LogP contribution >= 0.6 is 0 Å². The van der Waals surface area contributed by atoms with Gasteiger partial charge in [-0.1, -0.05) is 45.4 Å². The summed E-state index contributed by atoms with van der Waals surface area (Å²) in [5.74, 6) is 1.61. The summed E-state index contributed by atoms with van der Waals surface area (Å²) in [4.78, 5) is 13.7. The van der Waals surface area contributed by atoms with E-state index in [2.05, 4.69) is 15.0 Å². The molecule has 2 heterocycles. The van der Waals surface area contributed by atoms with E-state index >= 15 is 4.39 Å². The van der Waals surface area contributed by atoms with Crippen LogP contribution < -0.4 is 4.57 Å². The highest BCUT2D eigenvalue weighted by atomic mass is 19.1. The number of pyridine rings is 1. The first-order valence-corrected chi connectivity index (χ1v) is 9.45. The average molecular weight is 383 g/mol. The predicted molar refractivity (Wildman–Crippen MR) is 109 cm³/mol. The van der Waals surface area contributed by atoms with Crippen LogP contribution in [0.4, 0.5) is 4.39 Å². The number of hydrogen-bond acceptors (Lipinski definition) is 3. The van der Waals surface area contributed by atoms with Gasteiger partial charge in [0.25, 0.3) is 0 Å². The number of hydrogen-bond donors (Lipinski definition) is 0. The van der Waals surface area contributed by atoms with Gasteiger partial charge in [0.15, 0.2) is 17.8 Å².